The van der Waals surface area contributed by atoms with E-state index in [1.807, 2.05) is 0 Å². The lowest BCUT2D eigenvalue weighted by molar-refractivity contribution is -0.137. The molecular weight excluding hydrogens is 357 g/mol. The second-order valence-corrected chi connectivity index (χ2v) is 7.37. The minimum Gasteiger partial charge on any atom is -0.463 e. The summed E-state index contributed by atoms with van der Waals surface area (Å²) < 4.78 is 68.2. The van der Waals surface area contributed by atoms with Crippen LogP contribution in [0.5, 0.6) is 0 Å². The van der Waals surface area contributed by atoms with Gasteiger partial charge in [-0.3, -0.25) is 4.79 Å². The Bertz CT molecular complexity index is 1110. The van der Waals surface area contributed by atoms with Crippen LogP contribution < -0.4 is 5.43 Å². The van der Waals surface area contributed by atoms with Gasteiger partial charge >= 0.3 is 6.18 Å². The maximum atomic E-state index is 12.6. The second-order valence-electron chi connectivity index (χ2n) is 5.45. The standard InChI is InChI=1S/C17H11F3O4S/c1-10-2-7-13-14(8-10)24-9-15(16(13)21)25(22,23)12-5-3-11(4-6-12)17(18,19)20/h2-9H,1H3. The molecular formula is C17H11F3O4S. The van der Waals surface area contributed by atoms with Crippen molar-refractivity contribution >= 4 is 20.8 Å². The first-order valence-electron chi connectivity index (χ1n) is 7.05. The van der Waals surface area contributed by atoms with Crippen LogP contribution in [0.1, 0.15) is 11.1 Å². The lowest BCUT2D eigenvalue weighted by Crippen LogP contribution is -2.15. The van der Waals surface area contributed by atoms with Crippen molar-refractivity contribution in [1.29, 1.82) is 0 Å². The molecule has 130 valence electrons. The Morgan fingerprint density at radius 2 is 1.64 bits per heavy atom. The molecule has 0 fully saturated rings. The molecule has 3 aromatic rings. The minimum absolute atomic E-state index is 0.0820. The number of fused-ring (bicyclic) bond motifs is 1. The van der Waals surface area contributed by atoms with E-state index in [-0.39, 0.29) is 11.0 Å². The quantitative estimate of drug-likeness (QED) is 0.687. The lowest BCUT2D eigenvalue weighted by Gasteiger charge is -2.08. The molecule has 0 radical (unpaired) electrons. The van der Waals surface area contributed by atoms with Gasteiger partial charge < -0.3 is 4.42 Å². The fraction of sp³-hybridized carbons (Fsp3) is 0.118. The summed E-state index contributed by atoms with van der Waals surface area (Å²) in [5.41, 5.74) is -0.681. The van der Waals surface area contributed by atoms with Crippen LogP contribution >= 0.6 is 0 Å². The second kappa shape index (κ2) is 5.73. The number of sulfone groups is 1. The Morgan fingerprint density at radius 3 is 2.24 bits per heavy atom. The van der Waals surface area contributed by atoms with Gasteiger partial charge in [0.1, 0.15) is 11.8 Å². The summed E-state index contributed by atoms with van der Waals surface area (Å²) in [6.45, 7) is 1.78. The van der Waals surface area contributed by atoms with E-state index in [0.717, 1.165) is 24.0 Å². The van der Waals surface area contributed by atoms with Crippen molar-refractivity contribution in [3.8, 4) is 0 Å². The summed E-state index contributed by atoms with van der Waals surface area (Å²) in [7, 11) is -4.31. The monoisotopic (exact) mass is 368 g/mol. The molecule has 0 N–H and O–H groups in total. The van der Waals surface area contributed by atoms with Crippen molar-refractivity contribution in [2.45, 2.75) is 22.9 Å². The molecule has 0 saturated heterocycles. The third-order valence-electron chi connectivity index (χ3n) is 3.68. The third kappa shape index (κ3) is 3.05. The summed E-state index contributed by atoms with van der Waals surface area (Å²) in [6, 6.07) is 7.60. The first-order chi connectivity index (χ1) is 11.6. The molecule has 1 heterocycles. The van der Waals surface area contributed by atoms with Crippen molar-refractivity contribution < 1.29 is 26.0 Å². The predicted octanol–water partition coefficient (Wildman–Crippen LogP) is 3.95. The average molecular weight is 368 g/mol. The highest BCUT2D eigenvalue weighted by Gasteiger charge is 2.31. The summed E-state index contributed by atoms with van der Waals surface area (Å²) in [5, 5.41) is 0.0820. The Kier molecular flexibility index (Phi) is 3.95. The molecule has 0 unspecified atom stereocenters. The SMILES string of the molecule is Cc1ccc2c(=O)c(S(=O)(=O)c3ccc(C(F)(F)F)cc3)coc2c1. The number of halogens is 3. The smallest absolute Gasteiger partial charge is 0.416 e. The number of rotatable bonds is 2. The van der Waals surface area contributed by atoms with Crippen LogP contribution in [0, 0.1) is 6.92 Å². The molecule has 0 atom stereocenters. The summed E-state index contributed by atoms with van der Waals surface area (Å²) in [6.07, 6.45) is -3.76. The lowest BCUT2D eigenvalue weighted by atomic mass is 10.2. The van der Waals surface area contributed by atoms with Crippen molar-refractivity contribution in [3.05, 3.63) is 70.1 Å². The average Bonchev–Trinajstić information content (AvgIpc) is 2.54. The number of benzene rings is 2. The largest absolute Gasteiger partial charge is 0.463 e. The summed E-state index contributed by atoms with van der Waals surface area (Å²) in [4.78, 5) is 11.4. The van der Waals surface area contributed by atoms with E-state index in [9.17, 15) is 26.4 Å². The van der Waals surface area contributed by atoms with E-state index < -0.39 is 36.8 Å². The van der Waals surface area contributed by atoms with E-state index >= 15 is 0 Å². The fourth-order valence-corrected chi connectivity index (χ4v) is 3.63. The molecule has 3 rings (SSSR count). The van der Waals surface area contributed by atoms with Crippen LogP contribution in [0.4, 0.5) is 13.2 Å². The first kappa shape index (κ1) is 17.2. The van der Waals surface area contributed by atoms with Crippen LogP contribution in [-0.2, 0) is 16.0 Å². The van der Waals surface area contributed by atoms with Gasteiger partial charge in [0, 0.05) is 0 Å². The summed E-state index contributed by atoms with van der Waals surface area (Å²) in [5.74, 6) is 0. The third-order valence-corrected chi connectivity index (χ3v) is 5.43. The normalized spacial score (nSPS) is 12.5. The van der Waals surface area contributed by atoms with Crippen LogP contribution in [0.3, 0.4) is 0 Å². The van der Waals surface area contributed by atoms with Gasteiger partial charge in [-0.25, -0.2) is 8.42 Å². The zero-order valence-corrected chi connectivity index (χ0v) is 13.6. The Labute approximate surface area is 140 Å². The molecule has 0 amide bonds. The van der Waals surface area contributed by atoms with Gasteiger partial charge in [0.05, 0.1) is 15.8 Å². The van der Waals surface area contributed by atoms with Crippen molar-refractivity contribution in [2.75, 3.05) is 0 Å². The highest BCUT2D eigenvalue weighted by atomic mass is 32.2. The Morgan fingerprint density at radius 1 is 1.00 bits per heavy atom. The highest BCUT2D eigenvalue weighted by Crippen LogP contribution is 2.30. The van der Waals surface area contributed by atoms with Gasteiger partial charge in [-0.05, 0) is 48.9 Å². The van der Waals surface area contributed by atoms with Crippen LogP contribution in [0.2, 0.25) is 0 Å². The van der Waals surface area contributed by atoms with E-state index in [4.69, 9.17) is 4.42 Å². The van der Waals surface area contributed by atoms with Gasteiger partial charge in [0.15, 0.2) is 4.90 Å². The van der Waals surface area contributed by atoms with E-state index in [1.165, 1.54) is 6.07 Å². The molecule has 2 aromatic carbocycles. The highest BCUT2D eigenvalue weighted by molar-refractivity contribution is 7.91. The van der Waals surface area contributed by atoms with Crippen molar-refractivity contribution in [1.82, 2.24) is 0 Å². The van der Waals surface area contributed by atoms with Crippen LogP contribution in [0.15, 0.2) is 67.7 Å². The Hall–Kier alpha value is -2.61. The number of hydrogen-bond acceptors (Lipinski definition) is 4. The van der Waals surface area contributed by atoms with Crippen molar-refractivity contribution in [2.24, 2.45) is 0 Å². The van der Waals surface area contributed by atoms with Crippen molar-refractivity contribution in [3.63, 3.8) is 0 Å². The molecule has 4 nitrogen and oxygen atoms in total. The maximum Gasteiger partial charge on any atom is 0.416 e. The molecule has 0 bridgehead atoms. The number of aryl methyl sites for hydroxylation is 1. The van der Waals surface area contributed by atoms with Gasteiger partial charge in [0.2, 0.25) is 15.3 Å². The predicted molar refractivity (Wildman–Crippen MR) is 84.1 cm³/mol. The first-order valence-corrected chi connectivity index (χ1v) is 8.53. The molecule has 0 aliphatic carbocycles. The number of hydrogen-bond donors (Lipinski definition) is 0. The zero-order valence-electron chi connectivity index (χ0n) is 12.8. The summed E-state index contributed by atoms with van der Waals surface area (Å²) >= 11 is 0. The van der Waals surface area contributed by atoms with Gasteiger partial charge in [-0.15, -0.1) is 0 Å². The topological polar surface area (TPSA) is 64.3 Å². The molecule has 25 heavy (non-hydrogen) atoms. The van der Waals surface area contributed by atoms with Gasteiger partial charge in [-0.1, -0.05) is 6.07 Å². The number of alkyl halides is 3. The maximum absolute atomic E-state index is 12.6. The van der Waals surface area contributed by atoms with E-state index in [1.54, 1.807) is 19.1 Å². The van der Waals surface area contributed by atoms with Gasteiger partial charge in [0.25, 0.3) is 0 Å². The van der Waals surface area contributed by atoms with E-state index in [2.05, 4.69) is 0 Å². The van der Waals surface area contributed by atoms with E-state index in [0.29, 0.717) is 12.1 Å². The molecule has 0 aliphatic rings. The van der Waals surface area contributed by atoms with Crippen LogP contribution in [-0.4, -0.2) is 8.42 Å². The van der Waals surface area contributed by atoms with Crippen LogP contribution in [0.25, 0.3) is 11.0 Å². The molecule has 8 heteroatoms. The Balaban J connectivity index is 2.15. The zero-order chi connectivity index (χ0) is 18.4. The van der Waals surface area contributed by atoms with Gasteiger partial charge in [-0.2, -0.15) is 13.2 Å². The fourth-order valence-electron chi connectivity index (χ4n) is 2.35. The molecule has 0 aliphatic heterocycles. The molecule has 1 aromatic heterocycles. The minimum atomic E-state index is -4.58. The molecule has 0 spiro atoms. The molecule has 0 saturated carbocycles.